The number of pyridine rings is 1. The Balaban J connectivity index is 2.16. The van der Waals surface area contributed by atoms with Crippen LogP contribution in [-0.2, 0) is 6.42 Å². The summed E-state index contributed by atoms with van der Waals surface area (Å²) in [6, 6.07) is 14.8. The van der Waals surface area contributed by atoms with Gasteiger partial charge in [0.1, 0.15) is 0 Å². The van der Waals surface area contributed by atoms with Crippen molar-refractivity contribution in [1.82, 2.24) is 4.98 Å². The van der Waals surface area contributed by atoms with Gasteiger partial charge in [-0.05, 0) is 42.0 Å². The van der Waals surface area contributed by atoms with Crippen LogP contribution in [0, 0.1) is 0 Å². The van der Waals surface area contributed by atoms with Crippen molar-refractivity contribution in [3.05, 3.63) is 78.6 Å². The van der Waals surface area contributed by atoms with E-state index in [2.05, 4.69) is 54.0 Å². The summed E-state index contributed by atoms with van der Waals surface area (Å²) in [7, 11) is 0. The van der Waals surface area contributed by atoms with Crippen LogP contribution in [0.5, 0.6) is 0 Å². The van der Waals surface area contributed by atoms with Gasteiger partial charge in [0, 0.05) is 12.4 Å². The summed E-state index contributed by atoms with van der Waals surface area (Å²) in [6.45, 7) is 3.85. The fourth-order valence-corrected chi connectivity index (χ4v) is 2.07. The molecule has 2 aromatic rings. The van der Waals surface area contributed by atoms with Crippen LogP contribution in [0.25, 0.3) is 0 Å². The molecule has 0 aliphatic rings. The molecule has 1 aromatic carbocycles. The van der Waals surface area contributed by atoms with Crippen LogP contribution in [0.15, 0.2) is 67.5 Å². The number of aromatic nitrogens is 1. The summed E-state index contributed by atoms with van der Waals surface area (Å²) in [6.07, 6.45) is 7.76. The Labute approximate surface area is 103 Å². The molecule has 0 N–H and O–H groups in total. The third kappa shape index (κ3) is 3.28. The third-order valence-corrected chi connectivity index (χ3v) is 2.95. The normalized spacial score (nSPS) is 12.0. The van der Waals surface area contributed by atoms with Crippen LogP contribution in [0.2, 0.25) is 0 Å². The smallest absolute Gasteiger partial charge is 0.0270 e. The van der Waals surface area contributed by atoms with Gasteiger partial charge >= 0.3 is 0 Å². The van der Waals surface area contributed by atoms with E-state index in [-0.39, 0.29) is 0 Å². The largest absolute Gasteiger partial charge is 0.265 e. The first-order valence-electron chi connectivity index (χ1n) is 5.95. The van der Waals surface area contributed by atoms with Gasteiger partial charge in [-0.1, -0.05) is 36.4 Å². The molecule has 0 amide bonds. The Hall–Kier alpha value is -1.89. The molecule has 0 aliphatic heterocycles. The summed E-state index contributed by atoms with van der Waals surface area (Å²) < 4.78 is 0. The predicted molar refractivity (Wildman–Crippen MR) is 71.9 cm³/mol. The Morgan fingerprint density at radius 3 is 2.41 bits per heavy atom. The molecule has 1 unspecified atom stereocenters. The van der Waals surface area contributed by atoms with Crippen molar-refractivity contribution in [3.8, 4) is 0 Å². The molecule has 0 aliphatic carbocycles. The SMILES string of the molecule is C=CCC(Cc1ccccc1)c1ccncc1. The summed E-state index contributed by atoms with van der Waals surface area (Å²) in [4.78, 5) is 4.07. The predicted octanol–water partition coefficient (Wildman–Crippen LogP) is 3.98. The Kier molecular flexibility index (Phi) is 4.09. The number of rotatable bonds is 5. The fraction of sp³-hybridized carbons (Fsp3) is 0.188. The quantitative estimate of drug-likeness (QED) is 0.698. The Morgan fingerprint density at radius 2 is 1.76 bits per heavy atom. The molecule has 1 heterocycles. The van der Waals surface area contributed by atoms with Crippen LogP contribution < -0.4 is 0 Å². The van der Waals surface area contributed by atoms with Crippen molar-refractivity contribution in [2.45, 2.75) is 18.8 Å². The molecule has 0 radical (unpaired) electrons. The summed E-state index contributed by atoms with van der Waals surface area (Å²) >= 11 is 0. The van der Waals surface area contributed by atoms with Gasteiger partial charge in [0.15, 0.2) is 0 Å². The van der Waals surface area contributed by atoms with Gasteiger partial charge in [-0.15, -0.1) is 6.58 Å². The number of allylic oxidation sites excluding steroid dienone is 1. The summed E-state index contributed by atoms with van der Waals surface area (Å²) in [5.41, 5.74) is 2.71. The first-order valence-corrected chi connectivity index (χ1v) is 5.95. The molecule has 0 spiro atoms. The lowest BCUT2D eigenvalue weighted by Gasteiger charge is -2.15. The summed E-state index contributed by atoms with van der Waals surface area (Å²) in [5, 5.41) is 0. The second kappa shape index (κ2) is 6.00. The molecule has 17 heavy (non-hydrogen) atoms. The lowest BCUT2D eigenvalue weighted by molar-refractivity contribution is 0.695. The van der Waals surface area contributed by atoms with Gasteiger partial charge in [0.2, 0.25) is 0 Å². The Bertz CT molecular complexity index is 447. The van der Waals surface area contributed by atoms with Gasteiger partial charge in [0.05, 0.1) is 0 Å². The second-order valence-corrected chi connectivity index (χ2v) is 4.19. The monoisotopic (exact) mass is 223 g/mol. The van der Waals surface area contributed by atoms with Crippen LogP contribution in [0.1, 0.15) is 23.5 Å². The highest BCUT2D eigenvalue weighted by atomic mass is 14.6. The zero-order valence-electron chi connectivity index (χ0n) is 9.92. The minimum Gasteiger partial charge on any atom is -0.265 e. The lowest BCUT2D eigenvalue weighted by atomic mass is 9.90. The van der Waals surface area contributed by atoms with E-state index in [1.165, 1.54) is 11.1 Å². The van der Waals surface area contributed by atoms with Crippen molar-refractivity contribution in [3.63, 3.8) is 0 Å². The minimum atomic E-state index is 0.498. The second-order valence-electron chi connectivity index (χ2n) is 4.19. The number of hydrogen-bond acceptors (Lipinski definition) is 1. The number of nitrogens with zero attached hydrogens (tertiary/aromatic N) is 1. The number of benzene rings is 1. The van der Waals surface area contributed by atoms with Crippen LogP contribution in [-0.4, -0.2) is 4.98 Å². The molecule has 0 saturated heterocycles. The molecule has 1 nitrogen and oxygen atoms in total. The van der Waals surface area contributed by atoms with Crippen molar-refractivity contribution < 1.29 is 0 Å². The molecule has 1 aromatic heterocycles. The Morgan fingerprint density at radius 1 is 1.06 bits per heavy atom. The maximum absolute atomic E-state index is 4.07. The van der Waals surface area contributed by atoms with E-state index in [1.54, 1.807) is 0 Å². The third-order valence-electron chi connectivity index (χ3n) is 2.95. The molecule has 0 bridgehead atoms. The average molecular weight is 223 g/mol. The fourth-order valence-electron chi connectivity index (χ4n) is 2.07. The maximum atomic E-state index is 4.07. The van der Waals surface area contributed by atoms with Crippen molar-refractivity contribution in [2.24, 2.45) is 0 Å². The maximum Gasteiger partial charge on any atom is 0.0270 e. The molecule has 1 heteroatoms. The van der Waals surface area contributed by atoms with Crippen molar-refractivity contribution in [2.75, 3.05) is 0 Å². The first-order chi connectivity index (χ1) is 8.40. The average Bonchev–Trinajstić information content (AvgIpc) is 2.40. The molecular weight excluding hydrogens is 206 g/mol. The van der Waals surface area contributed by atoms with Gasteiger partial charge in [-0.3, -0.25) is 4.98 Å². The highest BCUT2D eigenvalue weighted by Gasteiger charge is 2.10. The van der Waals surface area contributed by atoms with E-state index in [1.807, 2.05) is 18.5 Å². The van der Waals surface area contributed by atoms with Crippen molar-refractivity contribution in [1.29, 1.82) is 0 Å². The molecular formula is C16H17N. The molecule has 2 rings (SSSR count). The van der Waals surface area contributed by atoms with E-state index in [0.29, 0.717) is 5.92 Å². The molecule has 0 fully saturated rings. The van der Waals surface area contributed by atoms with E-state index in [0.717, 1.165) is 12.8 Å². The zero-order chi connectivity index (χ0) is 11.9. The van der Waals surface area contributed by atoms with Crippen molar-refractivity contribution >= 4 is 0 Å². The summed E-state index contributed by atoms with van der Waals surface area (Å²) in [5.74, 6) is 0.498. The highest BCUT2D eigenvalue weighted by Crippen LogP contribution is 2.24. The minimum absolute atomic E-state index is 0.498. The molecule has 0 saturated carbocycles. The van der Waals surface area contributed by atoms with Crippen LogP contribution in [0.4, 0.5) is 0 Å². The molecule has 86 valence electrons. The van der Waals surface area contributed by atoms with Gasteiger partial charge < -0.3 is 0 Å². The molecule has 1 atom stereocenters. The van der Waals surface area contributed by atoms with Crippen LogP contribution in [0.3, 0.4) is 0 Å². The van der Waals surface area contributed by atoms with E-state index < -0.39 is 0 Å². The van der Waals surface area contributed by atoms with Gasteiger partial charge in [-0.2, -0.15) is 0 Å². The van der Waals surface area contributed by atoms with E-state index in [9.17, 15) is 0 Å². The topological polar surface area (TPSA) is 12.9 Å². The van der Waals surface area contributed by atoms with Crippen LogP contribution >= 0.6 is 0 Å². The number of hydrogen-bond donors (Lipinski definition) is 0. The van der Waals surface area contributed by atoms with Gasteiger partial charge in [0.25, 0.3) is 0 Å². The zero-order valence-corrected chi connectivity index (χ0v) is 9.92. The van der Waals surface area contributed by atoms with Gasteiger partial charge in [-0.25, -0.2) is 0 Å². The van der Waals surface area contributed by atoms with E-state index >= 15 is 0 Å². The first kappa shape index (κ1) is 11.6. The standard InChI is InChI=1S/C16H17N/c1-2-6-16(15-9-11-17-12-10-15)13-14-7-4-3-5-8-14/h2-5,7-12,16H,1,6,13H2. The lowest BCUT2D eigenvalue weighted by Crippen LogP contribution is -2.02. The highest BCUT2D eigenvalue weighted by molar-refractivity contribution is 5.23. The van der Waals surface area contributed by atoms with E-state index in [4.69, 9.17) is 0 Å².